The molecular weight excluding hydrogens is 140 g/mol. The molecule has 1 saturated heterocycles. The fourth-order valence-electron chi connectivity index (χ4n) is 1.29. The molecule has 0 atom stereocenters. The van der Waals surface area contributed by atoms with E-state index in [0.29, 0.717) is 0 Å². The molecule has 0 aliphatic carbocycles. The van der Waals surface area contributed by atoms with E-state index in [4.69, 9.17) is 0 Å². The van der Waals surface area contributed by atoms with Gasteiger partial charge in [-0.15, -0.1) is 0 Å². The Morgan fingerprint density at radius 3 is 2.64 bits per heavy atom. The summed E-state index contributed by atoms with van der Waals surface area (Å²) in [6.45, 7) is 5.25. The first-order valence-electron chi connectivity index (χ1n) is 4.01. The zero-order valence-corrected chi connectivity index (χ0v) is 7.05. The third-order valence-electron chi connectivity index (χ3n) is 2.03. The van der Waals surface area contributed by atoms with Gasteiger partial charge in [0.05, 0.1) is 0 Å². The van der Waals surface area contributed by atoms with Crippen LogP contribution in [0.2, 0.25) is 0 Å². The van der Waals surface area contributed by atoms with Crippen LogP contribution >= 0.6 is 0 Å². The minimum absolute atomic E-state index is 0.181. The van der Waals surface area contributed by atoms with Crippen LogP contribution in [0.3, 0.4) is 0 Å². The standard InChI is InChI=1S/C8H15N2O/c1-8(11)10-5-3-4-9(2)6-7-10/h2-7H2,1H3. The third kappa shape index (κ3) is 2.50. The second-order valence-electron chi connectivity index (χ2n) is 2.98. The van der Waals surface area contributed by atoms with E-state index in [-0.39, 0.29) is 5.91 Å². The van der Waals surface area contributed by atoms with Gasteiger partial charge in [-0.05, 0) is 13.0 Å². The van der Waals surface area contributed by atoms with E-state index in [1.807, 2.05) is 9.80 Å². The molecular formula is C8H15N2O. The van der Waals surface area contributed by atoms with E-state index in [1.165, 1.54) is 0 Å². The zero-order valence-electron chi connectivity index (χ0n) is 7.05. The average molecular weight is 155 g/mol. The number of rotatable bonds is 0. The van der Waals surface area contributed by atoms with Gasteiger partial charge < -0.3 is 9.80 Å². The molecule has 1 rings (SSSR count). The van der Waals surface area contributed by atoms with Crippen LogP contribution in [0.5, 0.6) is 0 Å². The van der Waals surface area contributed by atoms with Crippen LogP contribution in [0.4, 0.5) is 0 Å². The van der Waals surface area contributed by atoms with Crippen molar-refractivity contribution in [2.24, 2.45) is 0 Å². The second-order valence-corrected chi connectivity index (χ2v) is 2.98. The first kappa shape index (κ1) is 8.53. The van der Waals surface area contributed by atoms with Crippen molar-refractivity contribution in [3.63, 3.8) is 0 Å². The normalized spacial score (nSPS) is 21.5. The van der Waals surface area contributed by atoms with Gasteiger partial charge in [-0.25, -0.2) is 0 Å². The Morgan fingerprint density at radius 1 is 1.27 bits per heavy atom. The maximum Gasteiger partial charge on any atom is 0.219 e. The van der Waals surface area contributed by atoms with Crippen molar-refractivity contribution in [2.75, 3.05) is 26.2 Å². The maximum absolute atomic E-state index is 10.9. The van der Waals surface area contributed by atoms with Gasteiger partial charge in [0.1, 0.15) is 0 Å². The molecule has 3 nitrogen and oxygen atoms in total. The fraction of sp³-hybridized carbons (Fsp3) is 0.750. The summed E-state index contributed by atoms with van der Waals surface area (Å²) in [5.41, 5.74) is 0. The molecule has 0 aromatic carbocycles. The van der Waals surface area contributed by atoms with E-state index in [1.54, 1.807) is 6.92 Å². The van der Waals surface area contributed by atoms with Gasteiger partial charge in [0.15, 0.2) is 0 Å². The second kappa shape index (κ2) is 3.72. The SMILES string of the molecule is [CH2]N1CCCN(C(C)=O)CC1. The predicted molar refractivity (Wildman–Crippen MR) is 43.8 cm³/mol. The summed E-state index contributed by atoms with van der Waals surface area (Å²) in [6.07, 6.45) is 1.04. The van der Waals surface area contributed by atoms with Crippen molar-refractivity contribution in [2.45, 2.75) is 13.3 Å². The van der Waals surface area contributed by atoms with Crippen LogP contribution in [0.1, 0.15) is 13.3 Å². The summed E-state index contributed by atoms with van der Waals surface area (Å²) in [5.74, 6) is 0.181. The Bertz CT molecular complexity index is 147. The molecule has 11 heavy (non-hydrogen) atoms. The van der Waals surface area contributed by atoms with Gasteiger partial charge >= 0.3 is 0 Å². The van der Waals surface area contributed by atoms with E-state index in [9.17, 15) is 4.79 Å². The summed E-state index contributed by atoms with van der Waals surface area (Å²) in [5, 5.41) is 0. The molecule has 3 heteroatoms. The summed E-state index contributed by atoms with van der Waals surface area (Å²) < 4.78 is 0. The average Bonchev–Trinajstić information content (AvgIpc) is 2.13. The number of amides is 1. The molecule has 1 aliphatic heterocycles. The molecule has 1 radical (unpaired) electrons. The summed E-state index contributed by atoms with van der Waals surface area (Å²) >= 11 is 0. The smallest absolute Gasteiger partial charge is 0.219 e. The molecule has 0 bridgehead atoms. The minimum atomic E-state index is 0.181. The monoisotopic (exact) mass is 155 g/mol. The van der Waals surface area contributed by atoms with Crippen molar-refractivity contribution in [3.8, 4) is 0 Å². The Balaban J connectivity index is 2.40. The van der Waals surface area contributed by atoms with Crippen molar-refractivity contribution in [3.05, 3.63) is 7.05 Å². The topological polar surface area (TPSA) is 23.6 Å². The van der Waals surface area contributed by atoms with Crippen LogP contribution in [-0.2, 0) is 4.79 Å². The van der Waals surface area contributed by atoms with Crippen molar-refractivity contribution < 1.29 is 4.79 Å². The highest BCUT2D eigenvalue weighted by molar-refractivity contribution is 5.73. The number of carbonyl (C=O) groups is 1. The minimum Gasteiger partial charge on any atom is -0.342 e. The first-order chi connectivity index (χ1) is 5.20. The lowest BCUT2D eigenvalue weighted by atomic mass is 10.4. The van der Waals surface area contributed by atoms with Crippen LogP contribution in [0.15, 0.2) is 0 Å². The summed E-state index contributed by atoms with van der Waals surface area (Å²) in [7, 11) is 3.85. The van der Waals surface area contributed by atoms with Crippen LogP contribution in [0.25, 0.3) is 0 Å². The maximum atomic E-state index is 10.9. The number of hydrogen-bond acceptors (Lipinski definition) is 2. The quantitative estimate of drug-likeness (QED) is 0.503. The first-order valence-corrected chi connectivity index (χ1v) is 4.01. The zero-order chi connectivity index (χ0) is 8.27. The molecule has 0 unspecified atom stereocenters. The van der Waals surface area contributed by atoms with Crippen LogP contribution < -0.4 is 0 Å². The largest absolute Gasteiger partial charge is 0.342 e. The lowest BCUT2D eigenvalue weighted by molar-refractivity contribution is -0.128. The number of hydrogen-bond donors (Lipinski definition) is 0. The molecule has 1 aliphatic rings. The van der Waals surface area contributed by atoms with Crippen LogP contribution in [0, 0.1) is 7.05 Å². The Hall–Kier alpha value is -0.570. The Morgan fingerprint density at radius 2 is 2.00 bits per heavy atom. The van der Waals surface area contributed by atoms with E-state index in [2.05, 4.69) is 7.05 Å². The van der Waals surface area contributed by atoms with Gasteiger partial charge in [0, 0.05) is 33.6 Å². The molecule has 0 aromatic rings. The molecule has 1 heterocycles. The van der Waals surface area contributed by atoms with Crippen molar-refractivity contribution in [1.82, 2.24) is 9.80 Å². The molecule has 0 spiro atoms. The highest BCUT2D eigenvalue weighted by atomic mass is 16.2. The van der Waals surface area contributed by atoms with Gasteiger partial charge in [0.25, 0.3) is 0 Å². The van der Waals surface area contributed by atoms with E-state index >= 15 is 0 Å². The summed E-state index contributed by atoms with van der Waals surface area (Å²) in [6, 6.07) is 0. The van der Waals surface area contributed by atoms with E-state index in [0.717, 1.165) is 32.6 Å². The molecule has 1 amide bonds. The number of carbonyl (C=O) groups excluding carboxylic acids is 1. The Kier molecular flexibility index (Phi) is 2.88. The lowest BCUT2D eigenvalue weighted by Crippen LogP contribution is -2.32. The molecule has 0 saturated carbocycles. The van der Waals surface area contributed by atoms with Crippen molar-refractivity contribution in [1.29, 1.82) is 0 Å². The summed E-state index contributed by atoms with van der Waals surface area (Å²) in [4.78, 5) is 14.8. The van der Waals surface area contributed by atoms with Gasteiger partial charge in [-0.2, -0.15) is 0 Å². The third-order valence-corrected chi connectivity index (χ3v) is 2.03. The predicted octanol–water partition coefficient (Wildman–Crippen LogP) is 0.332. The Labute approximate surface area is 68.0 Å². The van der Waals surface area contributed by atoms with Gasteiger partial charge in [-0.3, -0.25) is 4.79 Å². The van der Waals surface area contributed by atoms with Crippen LogP contribution in [-0.4, -0.2) is 41.9 Å². The highest BCUT2D eigenvalue weighted by Crippen LogP contribution is 2.01. The molecule has 0 N–H and O–H groups in total. The van der Waals surface area contributed by atoms with Gasteiger partial charge in [-0.1, -0.05) is 0 Å². The number of nitrogens with zero attached hydrogens (tertiary/aromatic N) is 2. The molecule has 0 aromatic heterocycles. The van der Waals surface area contributed by atoms with Gasteiger partial charge in [0.2, 0.25) is 5.91 Å². The molecule has 63 valence electrons. The van der Waals surface area contributed by atoms with E-state index < -0.39 is 0 Å². The van der Waals surface area contributed by atoms with Crippen molar-refractivity contribution >= 4 is 5.91 Å². The fourth-order valence-corrected chi connectivity index (χ4v) is 1.29. The lowest BCUT2D eigenvalue weighted by Gasteiger charge is -2.17. The highest BCUT2D eigenvalue weighted by Gasteiger charge is 2.13. The molecule has 1 fully saturated rings.